The van der Waals surface area contributed by atoms with E-state index in [-0.39, 0.29) is 78.0 Å². The number of ether oxygens (including phenoxy) is 6. The Morgan fingerprint density at radius 3 is 1.69 bits per heavy atom. The third-order valence-corrected chi connectivity index (χ3v) is 14.4. The van der Waals surface area contributed by atoms with Crippen LogP contribution >= 0.6 is 0 Å². The molecule has 0 aromatic heterocycles. The van der Waals surface area contributed by atoms with Crippen LogP contribution in [0.4, 0.5) is 0 Å². The molecule has 0 spiro atoms. The maximum absolute atomic E-state index is 13.5. The smallest absolute Gasteiger partial charge is 0.339 e. The topological polar surface area (TPSA) is 179 Å². The molecule has 386 valence electrons. The lowest BCUT2D eigenvalue weighted by Gasteiger charge is -2.41. The van der Waals surface area contributed by atoms with Crippen LogP contribution in [0.2, 0.25) is 0 Å². The number of carbonyl (C=O) groups is 6. The zero-order valence-corrected chi connectivity index (χ0v) is 43.5. The van der Waals surface area contributed by atoms with Crippen molar-refractivity contribution in [3.63, 3.8) is 0 Å². The highest BCUT2D eigenvalue weighted by atomic mass is 16.6. The minimum Gasteiger partial charge on any atom is -0.459 e. The fourth-order valence-electron chi connectivity index (χ4n) is 9.73. The van der Waals surface area contributed by atoms with Gasteiger partial charge in [0.15, 0.2) is 11.4 Å². The van der Waals surface area contributed by atoms with Crippen LogP contribution in [0.5, 0.6) is 11.5 Å². The van der Waals surface area contributed by atoms with Gasteiger partial charge in [0.2, 0.25) is 0 Å². The van der Waals surface area contributed by atoms with Gasteiger partial charge in [-0.1, -0.05) is 37.8 Å². The molecule has 2 aromatic rings. The first kappa shape index (κ1) is 56.1. The summed E-state index contributed by atoms with van der Waals surface area (Å²) in [7, 11) is 0. The Bertz CT molecular complexity index is 2310. The van der Waals surface area contributed by atoms with Crippen LogP contribution in [0.1, 0.15) is 193 Å². The van der Waals surface area contributed by atoms with Crippen molar-refractivity contribution in [1.29, 1.82) is 0 Å². The third-order valence-electron chi connectivity index (χ3n) is 14.4. The number of rotatable bonds is 19. The molecule has 0 radical (unpaired) electrons. The molecule has 3 aliphatic carbocycles. The molecule has 3 fully saturated rings. The molecular formula is C57H75NO13. The second-order valence-electron chi connectivity index (χ2n) is 21.7. The fraction of sp³-hybridized carbons (Fsp3) is 0.614. The molecule has 14 nitrogen and oxygen atoms in total. The molecule has 5 rings (SSSR count). The third kappa shape index (κ3) is 15.3. The van der Waals surface area contributed by atoms with Crippen molar-refractivity contribution in [2.24, 2.45) is 17.8 Å². The minimum atomic E-state index is -1.09. The molecular weight excluding hydrogens is 907 g/mol. The van der Waals surface area contributed by atoms with Gasteiger partial charge in [-0.25, -0.2) is 4.79 Å². The van der Waals surface area contributed by atoms with Gasteiger partial charge in [-0.05, 0) is 174 Å². The highest BCUT2D eigenvalue weighted by Gasteiger charge is 2.45. The van der Waals surface area contributed by atoms with Crippen LogP contribution in [0.25, 0.3) is 0 Å². The molecule has 71 heavy (non-hydrogen) atoms. The van der Waals surface area contributed by atoms with E-state index in [0.29, 0.717) is 101 Å². The second-order valence-corrected chi connectivity index (χ2v) is 21.7. The maximum Gasteiger partial charge on any atom is 0.339 e. The van der Waals surface area contributed by atoms with Crippen molar-refractivity contribution < 1.29 is 62.0 Å². The predicted molar refractivity (Wildman–Crippen MR) is 265 cm³/mol. The van der Waals surface area contributed by atoms with E-state index in [9.17, 15) is 28.8 Å². The van der Waals surface area contributed by atoms with Crippen molar-refractivity contribution in [2.75, 3.05) is 0 Å². The Hall–Kier alpha value is -5.86. The van der Waals surface area contributed by atoms with E-state index in [1.165, 1.54) is 0 Å². The molecule has 0 bridgehead atoms. The summed E-state index contributed by atoms with van der Waals surface area (Å²) < 4.78 is 34.7. The zero-order chi connectivity index (χ0) is 52.4. The van der Waals surface area contributed by atoms with Crippen molar-refractivity contribution in [1.82, 2.24) is 5.48 Å². The van der Waals surface area contributed by atoms with Gasteiger partial charge in [-0.2, -0.15) is 5.48 Å². The summed E-state index contributed by atoms with van der Waals surface area (Å²) >= 11 is 0. The lowest BCUT2D eigenvalue weighted by Crippen LogP contribution is -2.52. The summed E-state index contributed by atoms with van der Waals surface area (Å²) in [6.45, 7) is 17.6. The van der Waals surface area contributed by atoms with Gasteiger partial charge in [-0.3, -0.25) is 24.0 Å². The first-order chi connectivity index (χ1) is 33.3. The Morgan fingerprint density at radius 1 is 0.634 bits per heavy atom. The van der Waals surface area contributed by atoms with Gasteiger partial charge >= 0.3 is 35.8 Å². The molecule has 0 atom stereocenters. The van der Waals surface area contributed by atoms with Gasteiger partial charge in [0.1, 0.15) is 28.2 Å². The number of terminal acetylenes is 2. The minimum absolute atomic E-state index is 0.0568. The molecule has 3 saturated carbocycles. The number of hydrogen-bond acceptors (Lipinski definition) is 14. The lowest BCUT2D eigenvalue weighted by atomic mass is 9.76. The van der Waals surface area contributed by atoms with Crippen LogP contribution in [-0.2, 0) is 47.7 Å². The first-order valence-electron chi connectivity index (χ1n) is 25.3. The monoisotopic (exact) mass is 982 g/mol. The van der Waals surface area contributed by atoms with Crippen LogP contribution < -0.4 is 15.1 Å². The van der Waals surface area contributed by atoms with Crippen LogP contribution in [-0.4, -0.2) is 69.9 Å². The maximum atomic E-state index is 13.5. The summed E-state index contributed by atoms with van der Waals surface area (Å²) in [5, 5.41) is 0. The van der Waals surface area contributed by atoms with Crippen LogP contribution in [0.3, 0.4) is 0 Å². The Morgan fingerprint density at radius 2 is 1.14 bits per heavy atom. The summed E-state index contributed by atoms with van der Waals surface area (Å²) in [5.41, 5.74) is -0.0456. The molecule has 3 aliphatic rings. The van der Waals surface area contributed by atoms with Gasteiger partial charge in [0.05, 0.1) is 28.9 Å². The summed E-state index contributed by atoms with van der Waals surface area (Å²) in [6, 6.07) is 12.2. The second kappa shape index (κ2) is 23.6. The predicted octanol–water partition coefficient (Wildman–Crippen LogP) is 10.2. The van der Waals surface area contributed by atoms with Gasteiger partial charge < -0.3 is 33.3 Å². The van der Waals surface area contributed by atoms with Crippen molar-refractivity contribution >= 4 is 35.8 Å². The number of benzene rings is 2. The highest BCUT2D eigenvalue weighted by molar-refractivity contribution is 5.90. The Balaban J connectivity index is 1.04. The average Bonchev–Trinajstić information content (AvgIpc) is 3.32. The summed E-state index contributed by atoms with van der Waals surface area (Å²) in [4.78, 5) is 82.7. The van der Waals surface area contributed by atoms with Gasteiger partial charge in [-0.15, -0.1) is 12.8 Å². The van der Waals surface area contributed by atoms with Crippen molar-refractivity contribution in [3.05, 3.63) is 59.2 Å². The normalized spacial score (nSPS) is 22.8. The largest absolute Gasteiger partial charge is 0.459 e. The van der Waals surface area contributed by atoms with E-state index in [1.54, 1.807) is 85.7 Å². The summed E-state index contributed by atoms with van der Waals surface area (Å²) in [6.07, 6.45) is 19.5. The molecule has 14 heteroatoms. The Labute approximate surface area is 420 Å². The fourth-order valence-corrected chi connectivity index (χ4v) is 9.73. The standard InChI is InChI=1S/C57H75NO13/c1-13-37-35-43(25-30-46(37)71-58-44-26-21-42(22-27-44)51(63)69-56(11,12)55(9,10)67-48(60)15-3)52(64)70-57(16-4)33-31-39(32-34-57)38-23-28-45(29-24-38)65-49(61)40-17-19-41(20-18-40)50(62)68-54(7,8)36-53(5,6)66-47(59)14-2/h1,4,23-25,28-30,35,39-42,44,58H,14-15,17-22,26-27,31-34,36H2,2-3,5-12H3. The van der Waals surface area contributed by atoms with Crippen molar-refractivity contribution in [2.45, 2.75) is 206 Å². The van der Waals surface area contributed by atoms with E-state index in [0.717, 1.165) is 5.56 Å². The molecule has 0 aliphatic heterocycles. The first-order valence-corrected chi connectivity index (χ1v) is 25.3. The van der Waals surface area contributed by atoms with Crippen LogP contribution in [0, 0.1) is 42.4 Å². The average molecular weight is 982 g/mol. The van der Waals surface area contributed by atoms with Gasteiger partial charge in [0.25, 0.3) is 0 Å². The number of carbonyl (C=O) groups excluding carboxylic acids is 6. The van der Waals surface area contributed by atoms with Crippen molar-refractivity contribution in [3.8, 4) is 36.2 Å². The molecule has 2 aromatic carbocycles. The van der Waals surface area contributed by atoms with E-state index in [2.05, 4.69) is 17.3 Å². The van der Waals surface area contributed by atoms with E-state index in [1.807, 2.05) is 26.0 Å². The quantitative estimate of drug-likeness (QED) is 0.0462. The molecule has 0 unspecified atom stereocenters. The molecule has 0 heterocycles. The lowest BCUT2D eigenvalue weighted by molar-refractivity contribution is -0.202. The molecule has 0 saturated heterocycles. The number of nitrogens with one attached hydrogen (secondary N) is 1. The van der Waals surface area contributed by atoms with E-state index in [4.69, 9.17) is 46.1 Å². The SMILES string of the molecule is C#Cc1cc(C(=O)OC2(C#C)CCC(c3ccc(OC(=O)C4CCC(C(=O)OC(C)(C)CC(C)(C)OC(=O)CC)CC4)cc3)CC2)ccc1ONC1CCC(C(=O)OC(C)(C)C(C)(C)OC(=O)CC)CC1. The zero-order valence-electron chi connectivity index (χ0n) is 43.5. The molecule has 1 N–H and O–H groups in total. The van der Waals surface area contributed by atoms with Crippen LogP contribution in [0.15, 0.2) is 42.5 Å². The number of hydroxylamine groups is 1. The molecule has 0 amide bonds. The Kier molecular flexibility index (Phi) is 18.6. The number of hydrogen-bond donors (Lipinski definition) is 1. The summed E-state index contributed by atoms with van der Waals surface area (Å²) in [5.74, 6) is 3.12. The van der Waals surface area contributed by atoms with E-state index < -0.39 is 34.0 Å². The van der Waals surface area contributed by atoms with E-state index >= 15 is 0 Å². The highest BCUT2D eigenvalue weighted by Crippen LogP contribution is 2.41. The number of esters is 6. The van der Waals surface area contributed by atoms with Gasteiger partial charge in [0, 0.05) is 25.3 Å².